The molecule has 1 aromatic carbocycles. The van der Waals surface area contributed by atoms with Crippen LogP contribution in [0.15, 0.2) is 48.8 Å². The minimum atomic E-state index is -0.0826. The molecular weight excluding hydrogens is 302 g/mol. The van der Waals surface area contributed by atoms with Crippen molar-refractivity contribution in [1.29, 1.82) is 0 Å². The molecule has 0 bridgehead atoms. The van der Waals surface area contributed by atoms with Gasteiger partial charge in [0.2, 0.25) is 5.88 Å². The lowest BCUT2D eigenvalue weighted by Crippen LogP contribution is -2.13. The molecule has 3 rings (SSSR count). The summed E-state index contributed by atoms with van der Waals surface area (Å²) in [4.78, 5) is 4.25. The van der Waals surface area contributed by atoms with Gasteiger partial charge in [-0.1, -0.05) is 35.5 Å². The van der Waals surface area contributed by atoms with E-state index in [-0.39, 0.29) is 6.04 Å². The molecule has 0 saturated heterocycles. The number of aromatic nitrogens is 4. The van der Waals surface area contributed by atoms with Gasteiger partial charge in [0.15, 0.2) is 0 Å². The number of hydrogen-bond acceptors (Lipinski definition) is 5. The molecule has 0 spiro atoms. The molecule has 0 radical (unpaired) electrons. The number of methoxy groups -OCH3 is 1. The summed E-state index contributed by atoms with van der Waals surface area (Å²) >= 11 is 0. The van der Waals surface area contributed by atoms with Crippen LogP contribution in [0.5, 0.6) is 5.88 Å². The molecule has 1 unspecified atom stereocenters. The Hall–Kier alpha value is -2.73. The van der Waals surface area contributed by atoms with E-state index in [4.69, 9.17) is 10.5 Å². The summed E-state index contributed by atoms with van der Waals surface area (Å²) in [6, 6.07) is 11.9. The third-order valence-electron chi connectivity index (χ3n) is 3.98. The first-order valence-electron chi connectivity index (χ1n) is 7.84. The van der Waals surface area contributed by atoms with Crippen LogP contribution < -0.4 is 10.5 Å². The van der Waals surface area contributed by atoms with Crippen LogP contribution in [0.4, 0.5) is 0 Å². The molecule has 0 fully saturated rings. The molecule has 6 nitrogen and oxygen atoms in total. The standard InChI is InChI=1S/C18H21N5O/c1-13-8-18(24-2)20-10-15(13)11-23-12-16(21-22-23)9-17(19)14-6-4-3-5-7-14/h3-8,10,12,17H,9,11,19H2,1-2H3. The van der Waals surface area contributed by atoms with Crippen molar-refractivity contribution in [3.05, 3.63) is 71.2 Å². The second-order valence-electron chi connectivity index (χ2n) is 5.78. The first-order chi connectivity index (χ1) is 11.7. The lowest BCUT2D eigenvalue weighted by atomic mass is 10.0. The Morgan fingerprint density at radius 3 is 2.75 bits per heavy atom. The molecule has 3 aromatic rings. The predicted molar refractivity (Wildman–Crippen MR) is 91.7 cm³/mol. The minimum absolute atomic E-state index is 0.0826. The van der Waals surface area contributed by atoms with E-state index >= 15 is 0 Å². The zero-order valence-electron chi connectivity index (χ0n) is 13.9. The van der Waals surface area contributed by atoms with E-state index in [0.29, 0.717) is 18.8 Å². The first-order valence-corrected chi connectivity index (χ1v) is 7.84. The molecular formula is C18H21N5O. The highest BCUT2D eigenvalue weighted by molar-refractivity contribution is 5.28. The summed E-state index contributed by atoms with van der Waals surface area (Å²) in [5.41, 5.74) is 10.4. The maximum absolute atomic E-state index is 6.24. The fourth-order valence-corrected chi connectivity index (χ4v) is 2.56. The SMILES string of the molecule is COc1cc(C)c(Cn2cc(CC(N)c3ccccc3)nn2)cn1. The van der Waals surface area contributed by atoms with Crippen LogP contribution in [0.3, 0.4) is 0 Å². The molecule has 1 atom stereocenters. The maximum atomic E-state index is 6.24. The zero-order valence-corrected chi connectivity index (χ0v) is 13.9. The molecule has 0 aliphatic rings. The van der Waals surface area contributed by atoms with Crippen molar-refractivity contribution in [2.24, 2.45) is 5.73 Å². The van der Waals surface area contributed by atoms with Gasteiger partial charge in [-0.3, -0.25) is 0 Å². The Labute approximate surface area is 141 Å². The third-order valence-corrected chi connectivity index (χ3v) is 3.98. The van der Waals surface area contributed by atoms with Crippen LogP contribution in [0.25, 0.3) is 0 Å². The van der Waals surface area contributed by atoms with Gasteiger partial charge in [-0.15, -0.1) is 5.10 Å². The van der Waals surface area contributed by atoms with E-state index < -0.39 is 0 Å². The number of hydrogen-bond donors (Lipinski definition) is 1. The highest BCUT2D eigenvalue weighted by Crippen LogP contribution is 2.16. The second kappa shape index (κ2) is 7.23. The Kier molecular flexibility index (Phi) is 4.86. The fraction of sp³-hybridized carbons (Fsp3) is 0.278. The smallest absolute Gasteiger partial charge is 0.213 e. The molecule has 124 valence electrons. The summed E-state index contributed by atoms with van der Waals surface area (Å²) in [5, 5.41) is 8.42. The summed E-state index contributed by atoms with van der Waals surface area (Å²) in [7, 11) is 1.61. The van der Waals surface area contributed by atoms with E-state index in [1.54, 1.807) is 7.11 Å². The van der Waals surface area contributed by atoms with Crippen molar-refractivity contribution in [1.82, 2.24) is 20.0 Å². The van der Waals surface area contributed by atoms with Crippen LogP contribution in [-0.2, 0) is 13.0 Å². The van der Waals surface area contributed by atoms with E-state index in [0.717, 1.165) is 22.4 Å². The number of nitrogens with zero attached hydrogens (tertiary/aromatic N) is 4. The van der Waals surface area contributed by atoms with E-state index in [1.165, 1.54) is 0 Å². The van der Waals surface area contributed by atoms with Gasteiger partial charge < -0.3 is 10.5 Å². The van der Waals surface area contributed by atoms with E-state index in [2.05, 4.69) is 15.3 Å². The van der Waals surface area contributed by atoms with Crippen LogP contribution in [0, 0.1) is 6.92 Å². The average Bonchev–Trinajstić information content (AvgIpc) is 3.04. The van der Waals surface area contributed by atoms with Crippen molar-refractivity contribution in [3.63, 3.8) is 0 Å². The van der Waals surface area contributed by atoms with Gasteiger partial charge >= 0.3 is 0 Å². The van der Waals surface area contributed by atoms with E-state index in [1.807, 2.05) is 60.4 Å². The number of ether oxygens (including phenoxy) is 1. The number of benzene rings is 1. The van der Waals surface area contributed by atoms with Gasteiger partial charge in [-0.2, -0.15) is 0 Å². The Balaban J connectivity index is 1.67. The summed E-state index contributed by atoms with van der Waals surface area (Å²) in [5.74, 6) is 0.615. The monoisotopic (exact) mass is 323 g/mol. The Bertz CT molecular complexity index is 800. The second-order valence-corrected chi connectivity index (χ2v) is 5.78. The van der Waals surface area contributed by atoms with Crippen LogP contribution >= 0.6 is 0 Å². The van der Waals surface area contributed by atoms with Gasteiger partial charge in [0.25, 0.3) is 0 Å². The van der Waals surface area contributed by atoms with Crippen molar-refractivity contribution in [3.8, 4) is 5.88 Å². The fourth-order valence-electron chi connectivity index (χ4n) is 2.56. The van der Waals surface area contributed by atoms with Gasteiger partial charge in [0, 0.05) is 30.9 Å². The Morgan fingerprint density at radius 1 is 1.25 bits per heavy atom. The summed E-state index contributed by atoms with van der Waals surface area (Å²) < 4.78 is 6.94. The molecule has 2 heterocycles. The predicted octanol–water partition coefficient (Wildman–Crippen LogP) is 2.28. The largest absolute Gasteiger partial charge is 0.481 e. The van der Waals surface area contributed by atoms with Gasteiger partial charge in [-0.25, -0.2) is 9.67 Å². The molecule has 24 heavy (non-hydrogen) atoms. The van der Waals surface area contributed by atoms with Gasteiger partial charge in [0.05, 0.1) is 19.3 Å². The molecule has 2 aromatic heterocycles. The zero-order chi connectivity index (χ0) is 16.9. The van der Waals surface area contributed by atoms with Gasteiger partial charge in [0.1, 0.15) is 0 Å². The molecule has 0 saturated carbocycles. The third kappa shape index (κ3) is 3.78. The lowest BCUT2D eigenvalue weighted by molar-refractivity contribution is 0.397. The Morgan fingerprint density at radius 2 is 2.04 bits per heavy atom. The topological polar surface area (TPSA) is 78.9 Å². The average molecular weight is 323 g/mol. The van der Waals surface area contributed by atoms with Gasteiger partial charge in [-0.05, 0) is 23.6 Å². The number of rotatable bonds is 6. The van der Waals surface area contributed by atoms with E-state index in [9.17, 15) is 0 Å². The number of aryl methyl sites for hydroxylation is 1. The highest BCUT2D eigenvalue weighted by Gasteiger charge is 2.10. The molecule has 2 N–H and O–H groups in total. The minimum Gasteiger partial charge on any atom is -0.481 e. The van der Waals surface area contributed by atoms with Crippen LogP contribution in [-0.4, -0.2) is 27.1 Å². The molecule has 0 aliphatic heterocycles. The van der Waals surface area contributed by atoms with Crippen molar-refractivity contribution < 1.29 is 4.74 Å². The lowest BCUT2D eigenvalue weighted by Gasteiger charge is -2.09. The summed E-state index contributed by atoms with van der Waals surface area (Å²) in [6.45, 7) is 2.65. The number of pyridine rings is 1. The normalized spacial score (nSPS) is 12.1. The van der Waals surface area contributed by atoms with Crippen molar-refractivity contribution >= 4 is 0 Å². The quantitative estimate of drug-likeness (QED) is 0.753. The van der Waals surface area contributed by atoms with Crippen molar-refractivity contribution in [2.45, 2.75) is 25.9 Å². The highest BCUT2D eigenvalue weighted by atomic mass is 16.5. The molecule has 0 aliphatic carbocycles. The molecule has 0 amide bonds. The maximum Gasteiger partial charge on any atom is 0.213 e. The van der Waals surface area contributed by atoms with Crippen molar-refractivity contribution in [2.75, 3.05) is 7.11 Å². The van der Waals surface area contributed by atoms with Crippen LogP contribution in [0.2, 0.25) is 0 Å². The first kappa shape index (κ1) is 16.1. The van der Waals surface area contributed by atoms with Crippen LogP contribution in [0.1, 0.15) is 28.4 Å². The molecule has 6 heteroatoms. The number of nitrogens with two attached hydrogens (primary N) is 1. The summed E-state index contributed by atoms with van der Waals surface area (Å²) in [6.07, 6.45) is 4.40.